The van der Waals surface area contributed by atoms with Crippen molar-refractivity contribution in [3.05, 3.63) is 54.1 Å². The molecule has 19 heavy (non-hydrogen) atoms. The van der Waals surface area contributed by atoms with Crippen molar-refractivity contribution in [3.8, 4) is 0 Å². The first-order valence-corrected chi connectivity index (χ1v) is 5.79. The van der Waals surface area contributed by atoms with E-state index in [-0.39, 0.29) is 5.91 Å². The van der Waals surface area contributed by atoms with Gasteiger partial charge in [0.05, 0.1) is 17.9 Å². The molecule has 0 radical (unpaired) electrons. The molecule has 6 heteroatoms. The maximum Gasteiger partial charge on any atom is 0.272 e. The van der Waals surface area contributed by atoms with Crippen LogP contribution in [0.4, 0.5) is 5.69 Å². The third kappa shape index (κ3) is 3.26. The van der Waals surface area contributed by atoms with Gasteiger partial charge in [0.15, 0.2) is 0 Å². The van der Waals surface area contributed by atoms with Crippen molar-refractivity contribution >= 4 is 11.6 Å². The molecule has 0 saturated heterocycles. The summed E-state index contributed by atoms with van der Waals surface area (Å²) in [5.74, 6) is 5.13. The Hall–Kier alpha value is -2.47. The van der Waals surface area contributed by atoms with Gasteiger partial charge in [0, 0.05) is 19.4 Å². The van der Waals surface area contributed by atoms with E-state index < -0.39 is 0 Å². The Morgan fingerprint density at radius 2 is 2.16 bits per heavy atom. The van der Waals surface area contributed by atoms with Gasteiger partial charge in [-0.2, -0.15) is 0 Å². The van der Waals surface area contributed by atoms with Gasteiger partial charge in [-0.05, 0) is 24.3 Å². The highest BCUT2D eigenvalue weighted by Gasteiger charge is 2.14. The normalized spacial score (nSPS) is 10.0. The van der Waals surface area contributed by atoms with Crippen LogP contribution in [0.1, 0.15) is 16.2 Å². The monoisotopic (exact) mass is 257 g/mol. The van der Waals surface area contributed by atoms with Crippen LogP contribution >= 0.6 is 0 Å². The van der Waals surface area contributed by atoms with Gasteiger partial charge in [0.25, 0.3) is 5.91 Å². The summed E-state index contributed by atoms with van der Waals surface area (Å²) in [7, 11) is 1.71. The summed E-state index contributed by atoms with van der Waals surface area (Å²) in [5.41, 5.74) is 4.30. The van der Waals surface area contributed by atoms with Gasteiger partial charge < -0.3 is 10.3 Å². The van der Waals surface area contributed by atoms with Gasteiger partial charge in [-0.25, -0.2) is 0 Å². The average molecular weight is 257 g/mol. The van der Waals surface area contributed by atoms with Crippen LogP contribution in [-0.4, -0.2) is 27.8 Å². The lowest BCUT2D eigenvalue weighted by Gasteiger charge is -2.16. The van der Waals surface area contributed by atoms with Crippen molar-refractivity contribution in [1.82, 2.24) is 14.9 Å². The molecule has 0 aliphatic heterocycles. The summed E-state index contributed by atoms with van der Waals surface area (Å²) in [6, 6.07) is 8.89. The maximum atomic E-state index is 12.2. The van der Waals surface area contributed by atoms with Crippen molar-refractivity contribution in [2.75, 3.05) is 12.5 Å². The molecular formula is C13H15N5O. The lowest BCUT2D eigenvalue weighted by molar-refractivity contribution is 0.0777. The number of carbonyl (C=O) groups is 1. The fourth-order valence-corrected chi connectivity index (χ4v) is 1.64. The molecule has 2 aromatic rings. The molecule has 0 saturated carbocycles. The highest BCUT2D eigenvalue weighted by atomic mass is 16.2. The van der Waals surface area contributed by atoms with Crippen molar-refractivity contribution in [1.29, 1.82) is 0 Å². The summed E-state index contributed by atoms with van der Waals surface area (Å²) >= 11 is 0. The molecule has 6 nitrogen and oxygen atoms in total. The second-order valence-electron chi connectivity index (χ2n) is 4.06. The van der Waals surface area contributed by atoms with Gasteiger partial charge in [-0.15, -0.1) is 0 Å². The lowest BCUT2D eigenvalue weighted by Crippen LogP contribution is -2.27. The zero-order valence-corrected chi connectivity index (χ0v) is 10.6. The first-order valence-electron chi connectivity index (χ1n) is 5.79. The molecule has 0 aliphatic carbocycles. The molecule has 0 bridgehead atoms. The minimum atomic E-state index is -0.178. The quantitative estimate of drug-likeness (QED) is 0.631. The number of pyridine rings is 2. The number of hydrogen-bond acceptors (Lipinski definition) is 5. The fraction of sp³-hybridized carbons (Fsp3) is 0.154. The van der Waals surface area contributed by atoms with Crippen LogP contribution in [0.25, 0.3) is 0 Å². The predicted molar refractivity (Wildman–Crippen MR) is 72.1 cm³/mol. The molecule has 2 aromatic heterocycles. The first kappa shape index (κ1) is 13.0. The Bertz CT molecular complexity index is 558. The number of carbonyl (C=O) groups excluding carboxylic acids is 1. The molecule has 0 aliphatic rings. The standard InChI is InChI=1S/C13H15N5O/c1-18(9-11-4-2-3-6-15-11)13(19)12-8-10(17-14)5-7-16-12/h2-8H,9,14H2,1H3,(H,16,17). The van der Waals surface area contributed by atoms with E-state index in [4.69, 9.17) is 5.84 Å². The van der Waals surface area contributed by atoms with Crippen LogP contribution in [0.3, 0.4) is 0 Å². The van der Waals surface area contributed by atoms with Gasteiger partial charge in [-0.1, -0.05) is 6.07 Å². The number of nitrogen functional groups attached to an aromatic ring is 1. The number of nitrogens with zero attached hydrogens (tertiary/aromatic N) is 3. The van der Waals surface area contributed by atoms with Crippen LogP contribution in [0.15, 0.2) is 42.7 Å². The smallest absolute Gasteiger partial charge is 0.272 e. The van der Waals surface area contributed by atoms with E-state index in [1.165, 1.54) is 6.20 Å². The summed E-state index contributed by atoms with van der Waals surface area (Å²) < 4.78 is 0. The van der Waals surface area contributed by atoms with E-state index in [1.807, 2.05) is 18.2 Å². The molecule has 0 unspecified atom stereocenters. The summed E-state index contributed by atoms with van der Waals surface area (Å²) in [4.78, 5) is 22.0. The van der Waals surface area contributed by atoms with E-state index in [9.17, 15) is 4.79 Å². The van der Waals surface area contributed by atoms with Crippen LogP contribution in [0.5, 0.6) is 0 Å². The Balaban J connectivity index is 2.10. The summed E-state index contributed by atoms with van der Waals surface area (Å²) in [6.45, 7) is 0.432. The number of hydrogen-bond donors (Lipinski definition) is 2. The number of nitrogens with one attached hydrogen (secondary N) is 1. The molecular weight excluding hydrogens is 242 g/mol. The Labute approximate surface area is 111 Å². The molecule has 2 heterocycles. The van der Waals surface area contributed by atoms with Crippen molar-refractivity contribution in [2.45, 2.75) is 6.54 Å². The number of aromatic nitrogens is 2. The van der Waals surface area contributed by atoms with E-state index in [2.05, 4.69) is 15.4 Å². The molecule has 0 aromatic carbocycles. The Morgan fingerprint density at radius 3 is 2.84 bits per heavy atom. The minimum Gasteiger partial charge on any atom is -0.334 e. The van der Waals surface area contributed by atoms with E-state index >= 15 is 0 Å². The Morgan fingerprint density at radius 1 is 1.32 bits per heavy atom. The lowest BCUT2D eigenvalue weighted by atomic mass is 10.2. The summed E-state index contributed by atoms with van der Waals surface area (Å²) in [5, 5.41) is 0. The van der Waals surface area contributed by atoms with Gasteiger partial charge in [0.2, 0.25) is 0 Å². The highest BCUT2D eigenvalue weighted by Crippen LogP contribution is 2.09. The number of rotatable bonds is 4. The van der Waals surface area contributed by atoms with Crippen molar-refractivity contribution in [2.24, 2.45) is 5.84 Å². The molecule has 2 rings (SSSR count). The van der Waals surface area contributed by atoms with E-state index in [0.29, 0.717) is 17.9 Å². The minimum absolute atomic E-state index is 0.178. The first-order chi connectivity index (χ1) is 9.20. The fourth-order valence-electron chi connectivity index (χ4n) is 1.64. The van der Waals surface area contributed by atoms with Gasteiger partial charge in [-0.3, -0.25) is 20.6 Å². The highest BCUT2D eigenvalue weighted by molar-refractivity contribution is 5.92. The van der Waals surface area contributed by atoms with Crippen LogP contribution in [0.2, 0.25) is 0 Å². The van der Waals surface area contributed by atoms with Crippen LogP contribution in [0, 0.1) is 0 Å². The SMILES string of the molecule is CN(Cc1ccccn1)C(=O)c1cc(NN)ccn1. The maximum absolute atomic E-state index is 12.2. The number of nitrogens with two attached hydrogens (primary N) is 1. The molecule has 0 spiro atoms. The third-order valence-corrected chi connectivity index (χ3v) is 2.62. The number of amides is 1. The van der Waals surface area contributed by atoms with Crippen LogP contribution in [-0.2, 0) is 6.54 Å². The van der Waals surface area contributed by atoms with Crippen molar-refractivity contribution < 1.29 is 4.79 Å². The molecule has 3 N–H and O–H groups in total. The molecule has 0 atom stereocenters. The summed E-state index contributed by atoms with van der Waals surface area (Å²) in [6.07, 6.45) is 3.24. The number of anilines is 1. The zero-order valence-electron chi connectivity index (χ0n) is 10.6. The molecule has 1 amide bonds. The molecule has 98 valence electrons. The zero-order chi connectivity index (χ0) is 13.7. The van der Waals surface area contributed by atoms with Crippen LogP contribution < -0.4 is 11.3 Å². The Kier molecular flexibility index (Phi) is 4.04. The average Bonchev–Trinajstić information content (AvgIpc) is 2.47. The predicted octanol–water partition coefficient (Wildman–Crippen LogP) is 1.03. The van der Waals surface area contributed by atoms with Gasteiger partial charge in [0.1, 0.15) is 5.69 Å². The van der Waals surface area contributed by atoms with Gasteiger partial charge >= 0.3 is 0 Å². The van der Waals surface area contributed by atoms with E-state index in [0.717, 1.165) is 5.69 Å². The molecule has 0 fully saturated rings. The van der Waals surface area contributed by atoms with Crippen molar-refractivity contribution in [3.63, 3.8) is 0 Å². The topological polar surface area (TPSA) is 84.1 Å². The second-order valence-corrected chi connectivity index (χ2v) is 4.06. The van der Waals surface area contributed by atoms with E-state index in [1.54, 1.807) is 30.3 Å². The largest absolute Gasteiger partial charge is 0.334 e. The third-order valence-electron chi connectivity index (χ3n) is 2.62. The number of hydrazine groups is 1. The second kappa shape index (κ2) is 5.92.